The summed E-state index contributed by atoms with van der Waals surface area (Å²) in [5, 5.41) is 0. The van der Waals surface area contributed by atoms with Crippen molar-refractivity contribution in [2.24, 2.45) is 5.92 Å². The van der Waals surface area contributed by atoms with Gasteiger partial charge in [-0.15, -0.1) is 0 Å². The third kappa shape index (κ3) is 5.38. The number of ether oxygens (including phenoxy) is 3. The molecule has 5 atom stereocenters. The van der Waals surface area contributed by atoms with Gasteiger partial charge in [-0.1, -0.05) is 36.3 Å². The largest absolute Gasteiger partial charge is 0.493 e. The lowest BCUT2D eigenvalue weighted by atomic mass is 9.50. The minimum atomic E-state index is -4.45. The number of alkyl halides is 3. The van der Waals surface area contributed by atoms with E-state index in [2.05, 4.69) is 41.0 Å². The predicted molar refractivity (Wildman–Crippen MR) is 172 cm³/mol. The van der Waals surface area contributed by atoms with E-state index in [1.165, 1.54) is 24.6 Å². The van der Waals surface area contributed by atoms with E-state index in [0.717, 1.165) is 55.6 Å². The highest BCUT2D eigenvalue weighted by atomic mass is 19.4. The quantitative estimate of drug-likeness (QED) is 0.190. The van der Waals surface area contributed by atoms with E-state index >= 15 is 0 Å². The van der Waals surface area contributed by atoms with E-state index < -0.39 is 29.0 Å². The molecule has 1 spiro atoms. The molecule has 2 aliphatic carbocycles. The van der Waals surface area contributed by atoms with Gasteiger partial charge in [0.1, 0.15) is 11.9 Å². The van der Waals surface area contributed by atoms with Gasteiger partial charge in [0.15, 0.2) is 11.5 Å². The van der Waals surface area contributed by atoms with E-state index in [-0.39, 0.29) is 24.1 Å². The standard InChI is InChI=1S/C38H37F3N2O5/c1-23(44)47-31-22-32(46-3)35-34-27(31)21-30-28-14-15-29(42(2)33(45)16-11-25-9-12-26(13-10-25)38(39,40)41)36(48-35)37(28,34)18-20-43(30)19-17-24-7-5-4-6-8-24/h4-10,12-13,22,28-30,36H,14-15,17-21H2,1-3H3/t28-,29+,30+,36-,37-/m0/s1. The zero-order valence-corrected chi connectivity index (χ0v) is 27.1. The monoisotopic (exact) mass is 658 g/mol. The lowest BCUT2D eigenvalue weighted by Crippen LogP contribution is -2.69. The number of piperidine rings is 1. The Morgan fingerprint density at radius 1 is 1.08 bits per heavy atom. The smallest absolute Gasteiger partial charge is 0.416 e. The second kappa shape index (κ2) is 12.2. The molecule has 3 aromatic rings. The Hall–Kier alpha value is -4.49. The molecule has 1 saturated carbocycles. The van der Waals surface area contributed by atoms with Crippen molar-refractivity contribution in [3.8, 4) is 29.1 Å². The van der Waals surface area contributed by atoms with Crippen molar-refractivity contribution >= 4 is 11.9 Å². The molecule has 2 heterocycles. The van der Waals surface area contributed by atoms with Crippen LogP contribution >= 0.6 is 0 Å². The number of carbonyl (C=O) groups is 2. The van der Waals surface area contributed by atoms with Crippen LogP contribution in [-0.2, 0) is 34.0 Å². The zero-order valence-electron chi connectivity index (χ0n) is 27.1. The third-order valence-corrected chi connectivity index (χ3v) is 10.8. The number of hydrogen-bond donors (Lipinski definition) is 0. The van der Waals surface area contributed by atoms with Crippen molar-refractivity contribution in [2.45, 2.75) is 68.8 Å². The topological polar surface area (TPSA) is 68.3 Å². The van der Waals surface area contributed by atoms with Gasteiger partial charge >= 0.3 is 12.1 Å². The van der Waals surface area contributed by atoms with Crippen LogP contribution in [0.3, 0.4) is 0 Å². The van der Waals surface area contributed by atoms with Crippen molar-refractivity contribution in [3.63, 3.8) is 0 Å². The van der Waals surface area contributed by atoms with Gasteiger partial charge in [0.25, 0.3) is 5.91 Å². The lowest BCUT2D eigenvalue weighted by molar-refractivity contribution is -0.137. The molecule has 250 valence electrons. The van der Waals surface area contributed by atoms with Crippen molar-refractivity contribution in [1.29, 1.82) is 0 Å². The summed E-state index contributed by atoms with van der Waals surface area (Å²) < 4.78 is 57.5. The molecule has 0 N–H and O–H groups in total. The maximum absolute atomic E-state index is 13.5. The molecule has 0 aromatic heterocycles. The first kappa shape index (κ1) is 32.1. The first-order valence-corrected chi connectivity index (χ1v) is 16.3. The van der Waals surface area contributed by atoms with Crippen LogP contribution in [0.4, 0.5) is 13.2 Å². The normalized spacial score (nSPS) is 25.2. The number of rotatable bonds is 6. The highest BCUT2D eigenvalue weighted by molar-refractivity contribution is 5.94. The van der Waals surface area contributed by atoms with Crippen LogP contribution in [0.1, 0.15) is 54.0 Å². The maximum atomic E-state index is 13.5. The summed E-state index contributed by atoms with van der Waals surface area (Å²) in [6.07, 6.45) is -0.831. The molecule has 2 bridgehead atoms. The molecule has 1 amide bonds. The molecule has 2 fully saturated rings. The van der Waals surface area contributed by atoms with Crippen LogP contribution < -0.4 is 14.2 Å². The number of benzene rings is 3. The first-order chi connectivity index (χ1) is 23.0. The van der Waals surface area contributed by atoms with Gasteiger partial charge in [-0.3, -0.25) is 14.5 Å². The second-order valence-electron chi connectivity index (χ2n) is 13.2. The van der Waals surface area contributed by atoms with Gasteiger partial charge in [0.05, 0.1) is 18.7 Å². The van der Waals surface area contributed by atoms with E-state index in [9.17, 15) is 22.8 Å². The predicted octanol–water partition coefficient (Wildman–Crippen LogP) is 5.80. The Morgan fingerprint density at radius 2 is 1.83 bits per heavy atom. The van der Waals surface area contributed by atoms with Crippen molar-refractivity contribution in [2.75, 3.05) is 27.2 Å². The Bertz CT molecular complexity index is 1800. The fourth-order valence-corrected chi connectivity index (χ4v) is 8.73. The number of carbonyl (C=O) groups excluding carboxylic acids is 2. The highest BCUT2D eigenvalue weighted by Crippen LogP contribution is 2.65. The number of hydrogen-bond acceptors (Lipinski definition) is 6. The second-order valence-corrected chi connectivity index (χ2v) is 13.2. The summed E-state index contributed by atoms with van der Waals surface area (Å²) in [5.41, 5.74) is 2.40. The average Bonchev–Trinajstić information content (AvgIpc) is 3.41. The van der Waals surface area contributed by atoms with Gasteiger partial charge in [-0.2, -0.15) is 13.2 Å². The molecule has 3 aromatic carbocycles. The summed E-state index contributed by atoms with van der Waals surface area (Å²) in [6, 6.07) is 16.5. The van der Waals surface area contributed by atoms with E-state index in [1.54, 1.807) is 25.1 Å². The minimum Gasteiger partial charge on any atom is -0.493 e. The van der Waals surface area contributed by atoms with Crippen LogP contribution in [0.2, 0.25) is 0 Å². The molecular formula is C38H37F3N2O5. The lowest BCUT2D eigenvalue weighted by Gasteiger charge is -2.60. The molecule has 7 rings (SSSR count). The van der Waals surface area contributed by atoms with Crippen LogP contribution in [-0.4, -0.2) is 67.1 Å². The van der Waals surface area contributed by atoms with Crippen molar-refractivity contribution < 1.29 is 37.0 Å². The molecule has 0 radical (unpaired) electrons. The Morgan fingerprint density at radius 3 is 2.52 bits per heavy atom. The molecule has 1 saturated heterocycles. The minimum absolute atomic E-state index is 0.191. The van der Waals surface area contributed by atoms with Crippen LogP contribution in [0.5, 0.6) is 17.2 Å². The highest BCUT2D eigenvalue weighted by Gasteiger charge is 2.67. The summed E-state index contributed by atoms with van der Waals surface area (Å²) in [5.74, 6) is 6.43. The van der Waals surface area contributed by atoms with Crippen molar-refractivity contribution in [3.05, 3.63) is 88.5 Å². The third-order valence-electron chi connectivity index (χ3n) is 10.8. The van der Waals surface area contributed by atoms with Gasteiger partial charge in [0.2, 0.25) is 0 Å². The van der Waals surface area contributed by atoms with Gasteiger partial charge in [-0.25, -0.2) is 0 Å². The SMILES string of the molecule is COc1cc(OC(C)=O)c2c3c1O[C@H]1[C@H](N(C)C(=O)C#Cc4ccc(C(F)(F)F)cc4)CC[C@H]4[C@@H](C2)N(CCc2ccccc2)CC[C@@]341. The average molecular weight is 659 g/mol. The van der Waals surface area contributed by atoms with Crippen molar-refractivity contribution in [1.82, 2.24) is 9.80 Å². The number of nitrogens with zero attached hydrogens (tertiary/aromatic N) is 2. The number of likely N-dealkylation sites (tertiary alicyclic amines) is 1. The summed E-state index contributed by atoms with van der Waals surface area (Å²) >= 11 is 0. The fourth-order valence-electron chi connectivity index (χ4n) is 8.73. The molecule has 48 heavy (non-hydrogen) atoms. The molecule has 4 aliphatic rings. The summed E-state index contributed by atoms with van der Waals surface area (Å²) in [6.45, 7) is 3.14. The number of methoxy groups -OCH3 is 1. The van der Waals surface area contributed by atoms with Gasteiger partial charge in [-0.05, 0) is 74.4 Å². The Kier molecular flexibility index (Phi) is 8.15. The van der Waals surface area contributed by atoms with E-state index in [4.69, 9.17) is 14.2 Å². The van der Waals surface area contributed by atoms with Crippen LogP contribution in [0.25, 0.3) is 0 Å². The van der Waals surface area contributed by atoms with Crippen LogP contribution in [0, 0.1) is 17.8 Å². The number of amides is 1. The van der Waals surface area contributed by atoms with Gasteiger partial charge < -0.3 is 19.1 Å². The Labute approximate surface area is 278 Å². The molecule has 2 aliphatic heterocycles. The molecule has 7 nitrogen and oxygen atoms in total. The maximum Gasteiger partial charge on any atom is 0.416 e. The Balaban J connectivity index is 1.22. The van der Waals surface area contributed by atoms with Gasteiger partial charge in [0, 0.05) is 60.7 Å². The number of esters is 1. The summed E-state index contributed by atoms with van der Waals surface area (Å²) in [7, 11) is 3.29. The fraction of sp³-hybridized carbons (Fsp3) is 0.421. The zero-order chi connectivity index (χ0) is 33.8. The number of halogens is 3. The van der Waals surface area contributed by atoms with E-state index in [0.29, 0.717) is 35.7 Å². The number of likely N-dealkylation sites (N-methyl/N-ethyl adjacent to an activating group) is 1. The molecule has 10 heteroatoms. The van der Waals surface area contributed by atoms with E-state index in [1.807, 2.05) is 6.07 Å². The summed E-state index contributed by atoms with van der Waals surface area (Å²) in [4.78, 5) is 30.0. The molecular weight excluding hydrogens is 621 g/mol. The van der Waals surface area contributed by atoms with Crippen LogP contribution in [0.15, 0.2) is 60.7 Å². The first-order valence-electron chi connectivity index (χ1n) is 16.3. The molecule has 0 unspecified atom stereocenters.